The lowest BCUT2D eigenvalue weighted by molar-refractivity contribution is -0.384. The summed E-state index contributed by atoms with van der Waals surface area (Å²) in [4.78, 5) is 37.7. The van der Waals surface area contributed by atoms with Crippen molar-refractivity contribution in [2.24, 2.45) is 0 Å². The normalized spacial score (nSPS) is 11.7. The summed E-state index contributed by atoms with van der Waals surface area (Å²) < 4.78 is 0. The van der Waals surface area contributed by atoms with Gasteiger partial charge in [-0.25, -0.2) is 9.78 Å². The first-order valence-electron chi connectivity index (χ1n) is 7.16. The molecule has 8 nitrogen and oxygen atoms in total. The number of aliphatic carboxylic acids is 1. The first-order chi connectivity index (χ1) is 11.4. The predicted octanol–water partition coefficient (Wildman–Crippen LogP) is 2.70. The number of benzene rings is 1. The molecule has 0 spiro atoms. The largest absolute Gasteiger partial charge is 0.480 e. The van der Waals surface area contributed by atoms with E-state index in [1.54, 1.807) is 6.07 Å². The Bertz CT molecular complexity index is 774. The number of aromatic nitrogens is 1. The van der Waals surface area contributed by atoms with Gasteiger partial charge in [0.1, 0.15) is 16.7 Å². The van der Waals surface area contributed by atoms with Crippen LogP contribution in [0.5, 0.6) is 0 Å². The van der Waals surface area contributed by atoms with E-state index in [0.29, 0.717) is 23.4 Å². The van der Waals surface area contributed by atoms with Crippen LogP contribution in [-0.2, 0) is 4.79 Å². The minimum absolute atomic E-state index is 0.0670. The SMILES string of the molecule is CCCC(NC(=O)c1csc(-c2cccc([N+](=O)[O-])c2)n1)C(=O)O. The summed E-state index contributed by atoms with van der Waals surface area (Å²) in [7, 11) is 0. The summed E-state index contributed by atoms with van der Waals surface area (Å²) >= 11 is 1.16. The van der Waals surface area contributed by atoms with Crippen LogP contribution in [0, 0.1) is 10.1 Å². The van der Waals surface area contributed by atoms with Crippen molar-refractivity contribution in [3.8, 4) is 10.6 Å². The molecule has 1 aromatic carbocycles. The smallest absolute Gasteiger partial charge is 0.326 e. The van der Waals surface area contributed by atoms with Gasteiger partial charge in [-0.1, -0.05) is 25.5 Å². The molecule has 0 aliphatic carbocycles. The third-order valence-electron chi connectivity index (χ3n) is 3.22. The Balaban J connectivity index is 2.18. The highest BCUT2D eigenvalue weighted by atomic mass is 32.1. The standard InChI is InChI=1S/C15H15N3O5S/c1-2-4-11(15(20)21)16-13(19)12-8-24-14(17-12)9-5-3-6-10(7-9)18(22)23/h3,5-8,11H,2,4H2,1H3,(H,16,19)(H,20,21). The molecule has 1 aromatic heterocycles. The molecule has 2 rings (SSSR count). The lowest BCUT2D eigenvalue weighted by Crippen LogP contribution is -2.40. The molecule has 1 atom stereocenters. The topological polar surface area (TPSA) is 122 Å². The first-order valence-corrected chi connectivity index (χ1v) is 8.04. The minimum Gasteiger partial charge on any atom is -0.480 e. The zero-order valence-corrected chi connectivity index (χ0v) is 13.6. The van der Waals surface area contributed by atoms with Gasteiger partial charge in [0.15, 0.2) is 0 Å². The molecule has 0 aliphatic heterocycles. The van der Waals surface area contributed by atoms with E-state index in [-0.39, 0.29) is 11.4 Å². The van der Waals surface area contributed by atoms with Gasteiger partial charge in [0.2, 0.25) is 0 Å². The van der Waals surface area contributed by atoms with Crippen LogP contribution in [0.2, 0.25) is 0 Å². The van der Waals surface area contributed by atoms with Gasteiger partial charge in [-0.05, 0) is 6.42 Å². The van der Waals surface area contributed by atoms with E-state index in [2.05, 4.69) is 10.3 Å². The number of hydrogen-bond acceptors (Lipinski definition) is 6. The number of rotatable bonds is 7. The average Bonchev–Trinajstić information content (AvgIpc) is 3.04. The third kappa shape index (κ3) is 4.13. The minimum atomic E-state index is -1.10. The van der Waals surface area contributed by atoms with E-state index >= 15 is 0 Å². The molecule has 2 N–H and O–H groups in total. The van der Waals surface area contributed by atoms with Gasteiger partial charge in [-0.15, -0.1) is 11.3 Å². The quantitative estimate of drug-likeness (QED) is 0.585. The Hall–Kier alpha value is -2.81. The molecule has 0 radical (unpaired) electrons. The van der Waals surface area contributed by atoms with Crippen molar-refractivity contribution in [1.29, 1.82) is 0 Å². The van der Waals surface area contributed by atoms with Crippen LogP contribution >= 0.6 is 11.3 Å². The maximum Gasteiger partial charge on any atom is 0.326 e. The Kier molecular flexibility index (Phi) is 5.59. The van der Waals surface area contributed by atoms with Crippen LogP contribution in [0.3, 0.4) is 0 Å². The summed E-state index contributed by atoms with van der Waals surface area (Å²) in [5.41, 5.74) is 0.544. The van der Waals surface area contributed by atoms with Gasteiger partial charge in [0, 0.05) is 23.1 Å². The average molecular weight is 349 g/mol. The number of carbonyl (C=O) groups excluding carboxylic acids is 1. The fraction of sp³-hybridized carbons (Fsp3) is 0.267. The summed E-state index contributed by atoms with van der Waals surface area (Å²) in [5, 5.41) is 24.3. The highest BCUT2D eigenvalue weighted by Crippen LogP contribution is 2.26. The van der Waals surface area contributed by atoms with E-state index in [4.69, 9.17) is 5.11 Å². The molecule has 0 saturated carbocycles. The van der Waals surface area contributed by atoms with Crippen LogP contribution in [-0.4, -0.2) is 32.9 Å². The molecule has 0 saturated heterocycles. The highest BCUT2D eigenvalue weighted by molar-refractivity contribution is 7.13. The number of thiazole rings is 1. The van der Waals surface area contributed by atoms with Crippen LogP contribution in [0.15, 0.2) is 29.6 Å². The Morgan fingerprint density at radius 3 is 2.83 bits per heavy atom. The summed E-state index contributed by atoms with van der Waals surface area (Å²) in [6, 6.07) is 4.97. The van der Waals surface area contributed by atoms with Crippen molar-refractivity contribution in [2.75, 3.05) is 0 Å². The monoisotopic (exact) mass is 349 g/mol. The lowest BCUT2D eigenvalue weighted by Gasteiger charge is -2.12. The molecule has 0 aliphatic rings. The number of carbonyl (C=O) groups is 2. The fourth-order valence-electron chi connectivity index (χ4n) is 2.04. The molecule has 0 bridgehead atoms. The van der Waals surface area contributed by atoms with Gasteiger partial charge >= 0.3 is 5.97 Å². The summed E-state index contributed by atoms with van der Waals surface area (Å²) in [5.74, 6) is -1.68. The number of nitrogens with one attached hydrogen (secondary N) is 1. The summed E-state index contributed by atoms with van der Waals surface area (Å²) in [6.45, 7) is 1.82. The second-order valence-electron chi connectivity index (χ2n) is 5.00. The molecule has 9 heteroatoms. The molecular weight excluding hydrogens is 334 g/mol. The maximum atomic E-state index is 12.1. The van der Waals surface area contributed by atoms with Gasteiger partial charge in [0.25, 0.3) is 11.6 Å². The molecule has 126 valence electrons. The number of nitro groups is 1. The first kappa shape index (κ1) is 17.5. The van der Waals surface area contributed by atoms with Gasteiger partial charge in [0.05, 0.1) is 4.92 Å². The number of carboxylic acids is 1. The van der Waals surface area contributed by atoms with Crippen molar-refractivity contribution in [3.63, 3.8) is 0 Å². The molecule has 1 unspecified atom stereocenters. The van der Waals surface area contributed by atoms with Crippen molar-refractivity contribution in [1.82, 2.24) is 10.3 Å². The van der Waals surface area contributed by atoms with E-state index in [9.17, 15) is 19.7 Å². The zero-order valence-electron chi connectivity index (χ0n) is 12.8. The molecule has 24 heavy (non-hydrogen) atoms. The Morgan fingerprint density at radius 2 is 2.21 bits per heavy atom. The van der Waals surface area contributed by atoms with E-state index in [0.717, 1.165) is 11.3 Å². The van der Waals surface area contributed by atoms with E-state index in [1.807, 2.05) is 6.92 Å². The second kappa shape index (κ2) is 7.64. The molecule has 0 fully saturated rings. The number of carboxylic acid groups (broad SMARTS) is 1. The van der Waals surface area contributed by atoms with Gasteiger partial charge in [-0.3, -0.25) is 14.9 Å². The maximum absolute atomic E-state index is 12.1. The van der Waals surface area contributed by atoms with Crippen molar-refractivity contribution < 1.29 is 19.6 Å². The number of hydrogen-bond donors (Lipinski definition) is 2. The van der Waals surface area contributed by atoms with Crippen molar-refractivity contribution in [3.05, 3.63) is 45.5 Å². The molecular formula is C15H15N3O5S. The molecule has 1 heterocycles. The molecule has 1 amide bonds. The van der Waals surface area contributed by atoms with Crippen LogP contribution in [0.4, 0.5) is 5.69 Å². The predicted molar refractivity (Wildman–Crippen MR) is 88.0 cm³/mol. The van der Waals surface area contributed by atoms with Crippen molar-refractivity contribution >= 4 is 28.9 Å². The van der Waals surface area contributed by atoms with E-state index in [1.165, 1.54) is 23.6 Å². The molecule has 2 aromatic rings. The van der Waals surface area contributed by atoms with Crippen LogP contribution < -0.4 is 5.32 Å². The van der Waals surface area contributed by atoms with Gasteiger partial charge in [-0.2, -0.15) is 0 Å². The number of nitrogens with zero attached hydrogens (tertiary/aromatic N) is 2. The van der Waals surface area contributed by atoms with Crippen LogP contribution in [0.1, 0.15) is 30.3 Å². The number of non-ortho nitro benzene ring substituents is 1. The second-order valence-corrected chi connectivity index (χ2v) is 5.86. The Morgan fingerprint density at radius 1 is 1.46 bits per heavy atom. The lowest BCUT2D eigenvalue weighted by atomic mass is 10.1. The number of amides is 1. The van der Waals surface area contributed by atoms with E-state index < -0.39 is 22.8 Å². The Labute approximate surface area is 141 Å². The third-order valence-corrected chi connectivity index (χ3v) is 4.11. The van der Waals surface area contributed by atoms with Crippen LogP contribution in [0.25, 0.3) is 10.6 Å². The zero-order chi connectivity index (χ0) is 17.7. The van der Waals surface area contributed by atoms with Gasteiger partial charge < -0.3 is 10.4 Å². The number of nitro benzene ring substituents is 1. The fourth-order valence-corrected chi connectivity index (χ4v) is 2.84. The summed E-state index contributed by atoms with van der Waals surface area (Å²) in [6.07, 6.45) is 0.941. The highest BCUT2D eigenvalue weighted by Gasteiger charge is 2.21. The van der Waals surface area contributed by atoms with Crippen molar-refractivity contribution in [2.45, 2.75) is 25.8 Å².